The molecule has 1 aliphatic rings. The SMILES string of the molecule is CCC(O)COCC1COC(CO)CO1. The van der Waals surface area contributed by atoms with Crippen molar-refractivity contribution in [2.45, 2.75) is 31.7 Å². The molecule has 0 aromatic carbocycles. The summed E-state index contributed by atoms with van der Waals surface area (Å²) in [6.07, 6.45) is -0.00624. The first-order valence-electron chi connectivity index (χ1n) is 5.36. The van der Waals surface area contributed by atoms with E-state index in [-0.39, 0.29) is 18.8 Å². The number of rotatable bonds is 6. The van der Waals surface area contributed by atoms with Crippen molar-refractivity contribution in [3.63, 3.8) is 0 Å². The molecule has 1 fully saturated rings. The Morgan fingerprint density at radius 2 is 2.00 bits per heavy atom. The smallest absolute Gasteiger partial charge is 0.104 e. The van der Waals surface area contributed by atoms with Gasteiger partial charge in [-0.25, -0.2) is 0 Å². The van der Waals surface area contributed by atoms with Gasteiger partial charge in [0.1, 0.15) is 12.2 Å². The van der Waals surface area contributed by atoms with Crippen LogP contribution in [0.4, 0.5) is 0 Å². The van der Waals surface area contributed by atoms with E-state index >= 15 is 0 Å². The van der Waals surface area contributed by atoms with E-state index in [1.807, 2.05) is 6.92 Å². The van der Waals surface area contributed by atoms with Crippen LogP contribution in [0.25, 0.3) is 0 Å². The molecule has 90 valence electrons. The summed E-state index contributed by atoms with van der Waals surface area (Å²) >= 11 is 0. The van der Waals surface area contributed by atoms with Crippen molar-refractivity contribution in [1.82, 2.24) is 0 Å². The summed E-state index contributed by atoms with van der Waals surface area (Å²) in [5.41, 5.74) is 0. The molecule has 1 aliphatic heterocycles. The lowest BCUT2D eigenvalue weighted by Gasteiger charge is -2.28. The van der Waals surface area contributed by atoms with E-state index < -0.39 is 6.10 Å². The van der Waals surface area contributed by atoms with Crippen molar-refractivity contribution in [1.29, 1.82) is 0 Å². The minimum atomic E-state index is -0.403. The van der Waals surface area contributed by atoms with Gasteiger partial charge < -0.3 is 24.4 Å². The highest BCUT2D eigenvalue weighted by Gasteiger charge is 2.21. The van der Waals surface area contributed by atoms with Crippen molar-refractivity contribution >= 4 is 0 Å². The Morgan fingerprint density at radius 1 is 1.33 bits per heavy atom. The number of ether oxygens (including phenoxy) is 3. The van der Waals surface area contributed by atoms with Gasteiger partial charge in [-0.1, -0.05) is 6.92 Å². The van der Waals surface area contributed by atoms with E-state index in [2.05, 4.69) is 0 Å². The zero-order valence-corrected chi connectivity index (χ0v) is 9.09. The van der Waals surface area contributed by atoms with Gasteiger partial charge in [-0.15, -0.1) is 0 Å². The van der Waals surface area contributed by atoms with Crippen LogP contribution >= 0.6 is 0 Å². The normalized spacial score (nSPS) is 29.0. The van der Waals surface area contributed by atoms with Crippen molar-refractivity contribution in [2.75, 3.05) is 33.0 Å². The molecular weight excluding hydrogens is 200 g/mol. The van der Waals surface area contributed by atoms with E-state index in [4.69, 9.17) is 19.3 Å². The molecule has 0 aromatic heterocycles. The summed E-state index contributed by atoms with van der Waals surface area (Å²) in [4.78, 5) is 0. The monoisotopic (exact) mass is 220 g/mol. The Balaban J connectivity index is 2.03. The maximum absolute atomic E-state index is 9.24. The van der Waals surface area contributed by atoms with Crippen molar-refractivity contribution < 1.29 is 24.4 Å². The van der Waals surface area contributed by atoms with Gasteiger partial charge in [0.05, 0.1) is 39.1 Å². The predicted molar refractivity (Wildman–Crippen MR) is 53.7 cm³/mol. The van der Waals surface area contributed by atoms with Gasteiger partial charge in [-0.05, 0) is 6.42 Å². The fourth-order valence-electron chi connectivity index (χ4n) is 1.24. The van der Waals surface area contributed by atoms with Crippen LogP contribution in [0.2, 0.25) is 0 Å². The third kappa shape index (κ3) is 4.90. The molecule has 3 unspecified atom stereocenters. The fraction of sp³-hybridized carbons (Fsp3) is 1.00. The van der Waals surface area contributed by atoms with Gasteiger partial charge in [0, 0.05) is 0 Å². The summed E-state index contributed by atoms with van der Waals surface area (Å²) in [7, 11) is 0. The predicted octanol–water partition coefficient (Wildman–Crippen LogP) is -0.450. The molecule has 0 aromatic rings. The molecule has 0 saturated carbocycles. The summed E-state index contributed by atoms with van der Waals surface area (Å²) < 4.78 is 16.0. The standard InChI is InChI=1S/C10H20O5/c1-2-8(12)4-13-5-10-7-14-9(3-11)6-15-10/h8-12H,2-7H2,1H3. The van der Waals surface area contributed by atoms with Crippen molar-refractivity contribution in [3.05, 3.63) is 0 Å². The maximum Gasteiger partial charge on any atom is 0.104 e. The van der Waals surface area contributed by atoms with Crippen LogP contribution in [0.5, 0.6) is 0 Å². The molecule has 5 heteroatoms. The van der Waals surface area contributed by atoms with Gasteiger partial charge >= 0.3 is 0 Å². The summed E-state index contributed by atoms with van der Waals surface area (Å²) in [5.74, 6) is 0. The second-order valence-corrected chi connectivity index (χ2v) is 3.69. The van der Waals surface area contributed by atoms with E-state index in [0.717, 1.165) is 0 Å². The molecule has 15 heavy (non-hydrogen) atoms. The molecule has 0 bridgehead atoms. The second kappa shape index (κ2) is 7.14. The highest BCUT2D eigenvalue weighted by Crippen LogP contribution is 2.07. The molecule has 2 N–H and O–H groups in total. The van der Waals surface area contributed by atoms with E-state index in [0.29, 0.717) is 32.8 Å². The molecule has 0 aliphatic carbocycles. The van der Waals surface area contributed by atoms with Crippen LogP contribution in [0, 0.1) is 0 Å². The average Bonchev–Trinajstić information content (AvgIpc) is 2.29. The molecule has 0 amide bonds. The first-order valence-corrected chi connectivity index (χ1v) is 5.36. The maximum atomic E-state index is 9.24. The van der Waals surface area contributed by atoms with Crippen LogP contribution < -0.4 is 0 Å². The third-order valence-corrected chi connectivity index (χ3v) is 2.32. The molecule has 0 radical (unpaired) electrons. The van der Waals surface area contributed by atoms with E-state index in [9.17, 15) is 5.11 Å². The Kier molecular flexibility index (Phi) is 6.12. The Labute approximate surface area is 89.9 Å². The highest BCUT2D eigenvalue weighted by atomic mass is 16.6. The molecule has 1 saturated heterocycles. The molecule has 5 nitrogen and oxygen atoms in total. The first kappa shape index (κ1) is 12.9. The lowest BCUT2D eigenvalue weighted by atomic mass is 10.3. The van der Waals surface area contributed by atoms with Gasteiger partial charge in [0.25, 0.3) is 0 Å². The number of aliphatic hydroxyl groups excluding tert-OH is 2. The van der Waals surface area contributed by atoms with Crippen molar-refractivity contribution in [3.8, 4) is 0 Å². The number of aliphatic hydroxyl groups is 2. The van der Waals surface area contributed by atoms with Crippen LogP contribution in [0.1, 0.15) is 13.3 Å². The lowest BCUT2D eigenvalue weighted by Crippen LogP contribution is -2.40. The summed E-state index contributed by atoms with van der Waals surface area (Å²) in [5, 5.41) is 18.0. The van der Waals surface area contributed by atoms with Crippen LogP contribution in [-0.4, -0.2) is 61.6 Å². The Hall–Kier alpha value is -0.200. The highest BCUT2D eigenvalue weighted by molar-refractivity contribution is 4.66. The summed E-state index contributed by atoms with van der Waals surface area (Å²) in [6, 6.07) is 0. The second-order valence-electron chi connectivity index (χ2n) is 3.69. The molecule has 0 spiro atoms. The lowest BCUT2D eigenvalue weighted by molar-refractivity contribution is -0.163. The topological polar surface area (TPSA) is 68.2 Å². The van der Waals surface area contributed by atoms with Gasteiger partial charge in [0.15, 0.2) is 0 Å². The Bertz CT molecular complexity index is 156. The minimum absolute atomic E-state index is 0.0118. The Morgan fingerprint density at radius 3 is 2.53 bits per heavy atom. The van der Waals surface area contributed by atoms with E-state index in [1.54, 1.807) is 0 Å². The quantitative estimate of drug-likeness (QED) is 0.634. The minimum Gasteiger partial charge on any atom is -0.394 e. The number of hydrogen-bond acceptors (Lipinski definition) is 5. The van der Waals surface area contributed by atoms with Crippen molar-refractivity contribution in [2.24, 2.45) is 0 Å². The van der Waals surface area contributed by atoms with Gasteiger partial charge in [0.2, 0.25) is 0 Å². The fourth-order valence-corrected chi connectivity index (χ4v) is 1.24. The summed E-state index contributed by atoms with van der Waals surface area (Å²) in [6.45, 7) is 3.49. The van der Waals surface area contributed by atoms with E-state index in [1.165, 1.54) is 0 Å². The molecular formula is C10H20O5. The van der Waals surface area contributed by atoms with Crippen LogP contribution in [0.15, 0.2) is 0 Å². The van der Waals surface area contributed by atoms with Crippen LogP contribution in [-0.2, 0) is 14.2 Å². The third-order valence-electron chi connectivity index (χ3n) is 2.32. The molecule has 3 atom stereocenters. The van der Waals surface area contributed by atoms with Gasteiger partial charge in [-0.3, -0.25) is 0 Å². The van der Waals surface area contributed by atoms with Gasteiger partial charge in [-0.2, -0.15) is 0 Å². The average molecular weight is 220 g/mol. The zero-order valence-electron chi connectivity index (χ0n) is 9.09. The molecule has 1 rings (SSSR count). The molecule has 1 heterocycles. The van der Waals surface area contributed by atoms with Crippen LogP contribution in [0.3, 0.4) is 0 Å². The number of hydrogen-bond donors (Lipinski definition) is 2. The zero-order chi connectivity index (χ0) is 11.1. The largest absolute Gasteiger partial charge is 0.394 e. The first-order chi connectivity index (χ1) is 7.26.